The number of rotatable bonds is 6. The Balaban J connectivity index is 1.68. The third-order valence-electron chi connectivity index (χ3n) is 5.61. The van der Waals surface area contributed by atoms with Gasteiger partial charge in [-0.1, -0.05) is 33.6 Å². The average molecular weight is 296 g/mol. The summed E-state index contributed by atoms with van der Waals surface area (Å²) in [6.45, 7) is 10.8. The molecule has 0 aromatic heterocycles. The van der Waals surface area contributed by atoms with E-state index < -0.39 is 0 Å². The minimum Gasteiger partial charge on any atom is -0.396 e. The molecule has 3 nitrogen and oxygen atoms in total. The monoisotopic (exact) mass is 296 g/mol. The number of likely N-dealkylation sites (tertiary alicyclic amines) is 1. The van der Waals surface area contributed by atoms with Crippen molar-refractivity contribution < 1.29 is 5.11 Å². The van der Waals surface area contributed by atoms with Crippen LogP contribution in [0.3, 0.4) is 0 Å². The quantitative estimate of drug-likeness (QED) is 0.791. The van der Waals surface area contributed by atoms with Crippen LogP contribution in [0.25, 0.3) is 0 Å². The average Bonchev–Trinajstić information content (AvgIpc) is 2.46. The van der Waals surface area contributed by atoms with E-state index in [0.717, 1.165) is 24.9 Å². The molecule has 1 aliphatic carbocycles. The van der Waals surface area contributed by atoms with Crippen LogP contribution < -0.4 is 5.32 Å². The van der Waals surface area contributed by atoms with E-state index in [1.807, 2.05) is 0 Å². The highest BCUT2D eigenvalue weighted by molar-refractivity contribution is 4.85. The fourth-order valence-electron chi connectivity index (χ4n) is 4.01. The van der Waals surface area contributed by atoms with Crippen LogP contribution in [0.15, 0.2) is 0 Å². The molecule has 2 atom stereocenters. The molecule has 1 aliphatic heterocycles. The zero-order valence-electron chi connectivity index (χ0n) is 14.4. The lowest BCUT2D eigenvalue weighted by molar-refractivity contribution is 0.0969. The van der Waals surface area contributed by atoms with E-state index in [9.17, 15) is 0 Å². The molecule has 0 radical (unpaired) electrons. The molecule has 2 fully saturated rings. The van der Waals surface area contributed by atoms with Gasteiger partial charge in [0.2, 0.25) is 0 Å². The number of hydrogen-bond donors (Lipinski definition) is 2. The molecule has 124 valence electrons. The van der Waals surface area contributed by atoms with Gasteiger partial charge in [0.05, 0.1) is 0 Å². The molecule has 2 aliphatic rings. The second-order valence-corrected chi connectivity index (χ2v) is 8.25. The van der Waals surface area contributed by atoms with Crippen molar-refractivity contribution in [1.82, 2.24) is 10.2 Å². The standard InChI is InChI=1S/C18H36N2O/c1-15-5-4-6-17(13-15)20-10-7-16(8-11-20)19-14-18(2,3)9-12-21/h15-17,19,21H,4-14H2,1-3H3. The summed E-state index contributed by atoms with van der Waals surface area (Å²) in [4.78, 5) is 2.76. The fourth-order valence-corrected chi connectivity index (χ4v) is 4.01. The van der Waals surface area contributed by atoms with Gasteiger partial charge in [-0.3, -0.25) is 0 Å². The molecule has 2 rings (SSSR count). The Morgan fingerprint density at radius 3 is 2.48 bits per heavy atom. The smallest absolute Gasteiger partial charge is 0.0436 e. The van der Waals surface area contributed by atoms with Crippen molar-refractivity contribution in [1.29, 1.82) is 0 Å². The predicted molar refractivity (Wildman–Crippen MR) is 89.5 cm³/mol. The molecule has 2 unspecified atom stereocenters. The summed E-state index contributed by atoms with van der Waals surface area (Å²) in [6, 6.07) is 1.54. The second-order valence-electron chi connectivity index (χ2n) is 8.25. The Hall–Kier alpha value is -0.120. The third kappa shape index (κ3) is 5.54. The summed E-state index contributed by atoms with van der Waals surface area (Å²) in [5.41, 5.74) is 0.213. The largest absolute Gasteiger partial charge is 0.396 e. The summed E-state index contributed by atoms with van der Waals surface area (Å²) < 4.78 is 0. The Labute approximate surface area is 131 Å². The van der Waals surface area contributed by atoms with Crippen molar-refractivity contribution >= 4 is 0 Å². The maximum atomic E-state index is 9.10. The van der Waals surface area contributed by atoms with Crippen LogP contribution in [-0.2, 0) is 0 Å². The first-order valence-electron chi connectivity index (χ1n) is 9.08. The molecule has 0 aromatic carbocycles. The van der Waals surface area contributed by atoms with Gasteiger partial charge in [0, 0.05) is 25.2 Å². The van der Waals surface area contributed by atoms with Crippen LogP contribution in [0.5, 0.6) is 0 Å². The van der Waals surface area contributed by atoms with Crippen LogP contribution >= 0.6 is 0 Å². The molecule has 0 bridgehead atoms. The van der Waals surface area contributed by atoms with Gasteiger partial charge >= 0.3 is 0 Å². The van der Waals surface area contributed by atoms with Gasteiger partial charge in [-0.2, -0.15) is 0 Å². The highest BCUT2D eigenvalue weighted by Crippen LogP contribution is 2.29. The molecular formula is C18H36N2O. The molecule has 0 amide bonds. The van der Waals surface area contributed by atoms with Crippen molar-refractivity contribution in [3.05, 3.63) is 0 Å². The lowest BCUT2D eigenvalue weighted by Crippen LogP contribution is -2.49. The molecule has 1 saturated carbocycles. The normalized spacial score (nSPS) is 29.7. The molecule has 21 heavy (non-hydrogen) atoms. The minimum absolute atomic E-state index is 0.213. The Morgan fingerprint density at radius 1 is 1.14 bits per heavy atom. The lowest BCUT2D eigenvalue weighted by Gasteiger charge is -2.41. The van der Waals surface area contributed by atoms with Crippen molar-refractivity contribution in [2.45, 2.75) is 77.8 Å². The van der Waals surface area contributed by atoms with E-state index in [1.54, 1.807) is 0 Å². The lowest BCUT2D eigenvalue weighted by atomic mass is 9.85. The molecule has 0 spiro atoms. The van der Waals surface area contributed by atoms with E-state index in [4.69, 9.17) is 5.11 Å². The van der Waals surface area contributed by atoms with Gasteiger partial charge in [0.1, 0.15) is 0 Å². The SMILES string of the molecule is CC1CCCC(N2CCC(NCC(C)(C)CCO)CC2)C1. The summed E-state index contributed by atoms with van der Waals surface area (Å²) in [5.74, 6) is 0.930. The van der Waals surface area contributed by atoms with Crippen LogP contribution in [0.1, 0.15) is 65.7 Å². The van der Waals surface area contributed by atoms with Crippen LogP contribution in [-0.4, -0.2) is 48.3 Å². The zero-order chi connectivity index (χ0) is 15.3. The predicted octanol–water partition coefficient (Wildman–Crippen LogP) is 3.03. The van der Waals surface area contributed by atoms with Gasteiger partial charge in [0.15, 0.2) is 0 Å². The topological polar surface area (TPSA) is 35.5 Å². The zero-order valence-corrected chi connectivity index (χ0v) is 14.4. The van der Waals surface area contributed by atoms with Crippen molar-refractivity contribution in [2.75, 3.05) is 26.2 Å². The van der Waals surface area contributed by atoms with Crippen LogP contribution in [0.4, 0.5) is 0 Å². The van der Waals surface area contributed by atoms with Crippen molar-refractivity contribution in [3.8, 4) is 0 Å². The van der Waals surface area contributed by atoms with Gasteiger partial charge in [0.25, 0.3) is 0 Å². The molecule has 2 N–H and O–H groups in total. The number of aliphatic hydroxyl groups is 1. The number of nitrogens with one attached hydrogen (secondary N) is 1. The van der Waals surface area contributed by atoms with Gasteiger partial charge in [-0.05, 0) is 56.5 Å². The summed E-state index contributed by atoms with van der Waals surface area (Å²) >= 11 is 0. The van der Waals surface area contributed by atoms with Crippen LogP contribution in [0, 0.1) is 11.3 Å². The van der Waals surface area contributed by atoms with Crippen LogP contribution in [0.2, 0.25) is 0 Å². The molecule has 3 heteroatoms. The third-order valence-corrected chi connectivity index (χ3v) is 5.61. The van der Waals surface area contributed by atoms with Gasteiger partial charge < -0.3 is 15.3 Å². The first-order valence-corrected chi connectivity index (χ1v) is 9.08. The first kappa shape index (κ1) is 17.2. The molecule has 1 heterocycles. The number of hydrogen-bond acceptors (Lipinski definition) is 3. The highest BCUT2D eigenvalue weighted by atomic mass is 16.3. The van der Waals surface area contributed by atoms with Gasteiger partial charge in [-0.25, -0.2) is 0 Å². The second kappa shape index (κ2) is 7.94. The molecule has 1 saturated heterocycles. The maximum absolute atomic E-state index is 9.10. The first-order chi connectivity index (χ1) is 10.00. The van der Waals surface area contributed by atoms with Crippen molar-refractivity contribution in [2.24, 2.45) is 11.3 Å². The van der Waals surface area contributed by atoms with E-state index in [0.29, 0.717) is 12.6 Å². The van der Waals surface area contributed by atoms with Crippen molar-refractivity contribution in [3.63, 3.8) is 0 Å². The maximum Gasteiger partial charge on any atom is 0.0436 e. The summed E-state index contributed by atoms with van der Waals surface area (Å²) in [5, 5.41) is 12.8. The number of piperidine rings is 1. The fraction of sp³-hybridized carbons (Fsp3) is 1.00. The molecular weight excluding hydrogens is 260 g/mol. The Bertz CT molecular complexity index is 298. The van der Waals surface area contributed by atoms with E-state index >= 15 is 0 Å². The molecule has 0 aromatic rings. The highest BCUT2D eigenvalue weighted by Gasteiger charge is 2.28. The van der Waals surface area contributed by atoms with Gasteiger partial charge in [-0.15, -0.1) is 0 Å². The Kier molecular flexibility index (Phi) is 6.51. The van der Waals surface area contributed by atoms with E-state index in [2.05, 4.69) is 31.0 Å². The minimum atomic E-state index is 0.213. The van der Waals surface area contributed by atoms with E-state index in [-0.39, 0.29) is 5.41 Å². The summed E-state index contributed by atoms with van der Waals surface area (Å²) in [6.07, 6.45) is 9.18. The Morgan fingerprint density at radius 2 is 1.86 bits per heavy atom. The number of aliphatic hydroxyl groups excluding tert-OH is 1. The summed E-state index contributed by atoms with van der Waals surface area (Å²) in [7, 11) is 0. The van der Waals surface area contributed by atoms with E-state index in [1.165, 1.54) is 51.6 Å². The number of nitrogens with zero attached hydrogens (tertiary/aromatic N) is 1.